The zero-order chi connectivity index (χ0) is 12.3. The van der Waals surface area contributed by atoms with Crippen molar-refractivity contribution in [2.45, 2.75) is 5.38 Å². The Bertz CT molecular complexity index is 555. The number of benzene rings is 2. The van der Waals surface area contributed by atoms with Crippen LogP contribution in [0.2, 0.25) is 5.02 Å². The smallest absolute Gasteiger partial charge is 0.0995 e. The van der Waals surface area contributed by atoms with E-state index in [2.05, 4.69) is 6.07 Å². The van der Waals surface area contributed by atoms with E-state index in [1.54, 1.807) is 18.2 Å². The Labute approximate surface area is 110 Å². The van der Waals surface area contributed by atoms with E-state index >= 15 is 0 Å². The van der Waals surface area contributed by atoms with E-state index in [0.29, 0.717) is 10.6 Å². The van der Waals surface area contributed by atoms with Gasteiger partial charge in [-0.1, -0.05) is 41.9 Å². The van der Waals surface area contributed by atoms with Gasteiger partial charge in [0.05, 0.1) is 17.0 Å². The summed E-state index contributed by atoms with van der Waals surface area (Å²) in [5.74, 6) is 0. The highest BCUT2D eigenvalue weighted by Crippen LogP contribution is 2.31. The highest BCUT2D eigenvalue weighted by molar-refractivity contribution is 6.30. The Kier molecular flexibility index (Phi) is 3.68. The molecule has 0 fully saturated rings. The number of nitriles is 1. The number of alkyl halides is 1. The second-order valence-electron chi connectivity index (χ2n) is 3.61. The van der Waals surface area contributed by atoms with E-state index in [0.717, 1.165) is 11.1 Å². The first-order chi connectivity index (χ1) is 8.22. The predicted molar refractivity (Wildman–Crippen MR) is 70.3 cm³/mol. The van der Waals surface area contributed by atoms with Crippen molar-refractivity contribution in [1.82, 2.24) is 0 Å². The monoisotopic (exact) mass is 261 g/mol. The van der Waals surface area contributed by atoms with Crippen LogP contribution in [-0.4, -0.2) is 0 Å². The molecule has 0 aliphatic carbocycles. The largest absolute Gasteiger partial charge is 0.192 e. The van der Waals surface area contributed by atoms with Crippen LogP contribution in [-0.2, 0) is 0 Å². The Morgan fingerprint density at radius 1 is 1.00 bits per heavy atom. The minimum absolute atomic E-state index is 0.330. The first-order valence-electron chi connectivity index (χ1n) is 5.11. The van der Waals surface area contributed by atoms with Gasteiger partial charge >= 0.3 is 0 Å². The molecule has 0 N–H and O–H groups in total. The fourth-order valence-corrected chi connectivity index (χ4v) is 2.09. The van der Waals surface area contributed by atoms with E-state index in [4.69, 9.17) is 28.5 Å². The highest BCUT2D eigenvalue weighted by Gasteiger charge is 2.14. The van der Waals surface area contributed by atoms with Gasteiger partial charge < -0.3 is 0 Å². The molecule has 0 bridgehead atoms. The van der Waals surface area contributed by atoms with Crippen LogP contribution in [0.4, 0.5) is 0 Å². The van der Waals surface area contributed by atoms with Crippen LogP contribution >= 0.6 is 23.2 Å². The van der Waals surface area contributed by atoms with Crippen molar-refractivity contribution < 1.29 is 0 Å². The van der Waals surface area contributed by atoms with Gasteiger partial charge in [0.2, 0.25) is 0 Å². The lowest BCUT2D eigenvalue weighted by atomic mass is 10.00. The van der Waals surface area contributed by atoms with Gasteiger partial charge in [-0.15, -0.1) is 11.6 Å². The topological polar surface area (TPSA) is 23.8 Å². The van der Waals surface area contributed by atoms with Gasteiger partial charge in [0, 0.05) is 5.02 Å². The van der Waals surface area contributed by atoms with E-state index in [-0.39, 0.29) is 5.38 Å². The third-order valence-electron chi connectivity index (χ3n) is 2.52. The van der Waals surface area contributed by atoms with Crippen molar-refractivity contribution >= 4 is 23.2 Å². The second kappa shape index (κ2) is 5.23. The van der Waals surface area contributed by atoms with E-state index < -0.39 is 0 Å². The fourth-order valence-electron chi connectivity index (χ4n) is 1.63. The number of hydrogen-bond donors (Lipinski definition) is 0. The maximum atomic E-state index is 9.03. The number of nitrogens with zero attached hydrogens (tertiary/aromatic N) is 1. The van der Waals surface area contributed by atoms with Gasteiger partial charge in [0.1, 0.15) is 0 Å². The van der Waals surface area contributed by atoms with Crippen LogP contribution in [0.5, 0.6) is 0 Å². The molecule has 2 aromatic rings. The lowest BCUT2D eigenvalue weighted by molar-refractivity contribution is 1.13. The molecule has 0 aromatic heterocycles. The Balaban J connectivity index is 2.40. The fraction of sp³-hybridized carbons (Fsp3) is 0.0714. The maximum Gasteiger partial charge on any atom is 0.0995 e. The average Bonchev–Trinajstić information content (AvgIpc) is 2.39. The normalized spacial score (nSPS) is 11.8. The number of hydrogen-bond acceptors (Lipinski definition) is 1. The first-order valence-corrected chi connectivity index (χ1v) is 5.92. The standard InChI is InChI=1S/C14H9Cl2N/c15-12-7-5-10(6-8-12)14(16)13-4-2-1-3-11(13)9-17/h1-8,14H. The van der Waals surface area contributed by atoms with Crippen LogP contribution in [0.25, 0.3) is 0 Å². The molecule has 0 amide bonds. The molecule has 1 unspecified atom stereocenters. The molecule has 1 atom stereocenters. The minimum atomic E-state index is -0.330. The van der Waals surface area contributed by atoms with Gasteiger partial charge in [0.25, 0.3) is 0 Å². The highest BCUT2D eigenvalue weighted by atomic mass is 35.5. The summed E-state index contributed by atoms with van der Waals surface area (Å²) in [5.41, 5.74) is 2.35. The number of halogens is 2. The molecular weight excluding hydrogens is 253 g/mol. The van der Waals surface area contributed by atoms with E-state index in [1.165, 1.54) is 0 Å². The van der Waals surface area contributed by atoms with Crippen molar-refractivity contribution in [2.24, 2.45) is 0 Å². The molecule has 3 heteroatoms. The SMILES string of the molecule is N#Cc1ccccc1C(Cl)c1ccc(Cl)cc1. The van der Waals surface area contributed by atoms with Crippen LogP contribution in [0, 0.1) is 11.3 Å². The second-order valence-corrected chi connectivity index (χ2v) is 4.49. The Morgan fingerprint density at radius 3 is 2.29 bits per heavy atom. The molecule has 0 saturated carbocycles. The van der Waals surface area contributed by atoms with Gasteiger partial charge in [-0.2, -0.15) is 5.26 Å². The number of rotatable bonds is 2. The molecule has 0 aliphatic heterocycles. The first kappa shape index (κ1) is 12.0. The summed E-state index contributed by atoms with van der Waals surface area (Å²) in [6.07, 6.45) is 0. The summed E-state index contributed by atoms with van der Waals surface area (Å²) in [6, 6.07) is 16.8. The maximum absolute atomic E-state index is 9.03. The molecule has 17 heavy (non-hydrogen) atoms. The molecule has 2 rings (SSSR count). The molecule has 1 nitrogen and oxygen atoms in total. The Hall–Kier alpha value is -1.49. The average molecular weight is 262 g/mol. The lowest BCUT2D eigenvalue weighted by Gasteiger charge is -2.11. The summed E-state index contributed by atoms with van der Waals surface area (Å²) >= 11 is 12.2. The van der Waals surface area contributed by atoms with Crippen LogP contribution < -0.4 is 0 Å². The van der Waals surface area contributed by atoms with Crippen LogP contribution in [0.3, 0.4) is 0 Å². The van der Waals surface area contributed by atoms with Gasteiger partial charge in [0.15, 0.2) is 0 Å². The van der Waals surface area contributed by atoms with Crippen molar-refractivity contribution in [1.29, 1.82) is 5.26 Å². The molecular formula is C14H9Cl2N. The summed E-state index contributed by atoms with van der Waals surface area (Å²) in [4.78, 5) is 0. The van der Waals surface area contributed by atoms with Gasteiger partial charge in [-0.05, 0) is 29.3 Å². The lowest BCUT2D eigenvalue weighted by Crippen LogP contribution is -1.96. The third kappa shape index (κ3) is 2.61. The zero-order valence-electron chi connectivity index (χ0n) is 8.90. The van der Waals surface area contributed by atoms with Gasteiger partial charge in [-0.3, -0.25) is 0 Å². The summed E-state index contributed by atoms with van der Waals surface area (Å²) < 4.78 is 0. The van der Waals surface area contributed by atoms with Crippen molar-refractivity contribution in [3.05, 3.63) is 70.2 Å². The zero-order valence-corrected chi connectivity index (χ0v) is 10.4. The molecule has 0 saturated heterocycles. The van der Waals surface area contributed by atoms with Crippen molar-refractivity contribution in [3.63, 3.8) is 0 Å². The predicted octanol–water partition coefficient (Wildman–Crippen LogP) is 4.54. The van der Waals surface area contributed by atoms with E-state index in [9.17, 15) is 0 Å². The van der Waals surface area contributed by atoms with Crippen molar-refractivity contribution in [3.8, 4) is 6.07 Å². The molecule has 0 heterocycles. The molecule has 84 valence electrons. The molecule has 0 spiro atoms. The summed E-state index contributed by atoms with van der Waals surface area (Å²) in [5, 5.41) is 9.37. The molecule has 0 aliphatic rings. The third-order valence-corrected chi connectivity index (χ3v) is 3.26. The molecule has 0 radical (unpaired) electrons. The van der Waals surface area contributed by atoms with E-state index in [1.807, 2.05) is 30.3 Å². The minimum Gasteiger partial charge on any atom is -0.192 e. The summed E-state index contributed by atoms with van der Waals surface area (Å²) in [7, 11) is 0. The summed E-state index contributed by atoms with van der Waals surface area (Å²) in [6.45, 7) is 0. The van der Waals surface area contributed by atoms with Crippen LogP contribution in [0.1, 0.15) is 22.1 Å². The van der Waals surface area contributed by atoms with Crippen molar-refractivity contribution in [2.75, 3.05) is 0 Å². The Morgan fingerprint density at radius 2 is 1.65 bits per heavy atom. The van der Waals surface area contributed by atoms with Crippen LogP contribution in [0.15, 0.2) is 48.5 Å². The van der Waals surface area contributed by atoms with Gasteiger partial charge in [-0.25, -0.2) is 0 Å². The molecule has 2 aromatic carbocycles. The quantitative estimate of drug-likeness (QED) is 0.729.